The van der Waals surface area contributed by atoms with Gasteiger partial charge in [0, 0.05) is 19.1 Å². The molecule has 1 aromatic carbocycles. The quantitative estimate of drug-likeness (QED) is 0.904. The van der Waals surface area contributed by atoms with Crippen molar-refractivity contribution in [2.24, 2.45) is 5.92 Å². The summed E-state index contributed by atoms with van der Waals surface area (Å²) < 4.78 is 12.3. The SMILES string of the molecule is CC1CN(C)CCC1NCc1cc(Br)c2c(c1)OCCO2. The summed E-state index contributed by atoms with van der Waals surface area (Å²) in [7, 11) is 2.20. The summed E-state index contributed by atoms with van der Waals surface area (Å²) in [5, 5.41) is 3.70. The first-order valence-electron chi connectivity index (χ1n) is 7.63. The molecule has 1 saturated heterocycles. The van der Waals surface area contributed by atoms with Gasteiger partial charge >= 0.3 is 0 Å². The second-order valence-corrected chi connectivity index (χ2v) is 6.97. The normalized spacial score (nSPS) is 25.9. The van der Waals surface area contributed by atoms with Crippen LogP contribution in [0.2, 0.25) is 0 Å². The average Bonchev–Trinajstić information content (AvgIpc) is 2.46. The van der Waals surface area contributed by atoms with Crippen molar-refractivity contribution in [3.8, 4) is 11.5 Å². The lowest BCUT2D eigenvalue weighted by atomic mass is 9.94. The van der Waals surface area contributed by atoms with E-state index >= 15 is 0 Å². The van der Waals surface area contributed by atoms with Crippen LogP contribution in [0, 0.1) is 5.92 Å². The Morgan fingerprint density at radius 3 is 2.95 bits per heavy atom. The largest absolute Gasteiger partial charge is 0.486 e. The summed E-state index contributed by atoms with van der Waals surface area (Å²) in [5.74, 6) is 2.37. The van der Waals surface area contributed by atoms with Crippen LogP contribution in [-0.4, -0.2) is 44.3 Å². The van der Waals surface area contributed by atoms with Gasteiger partial charge in [-0.25, -0.2) is 0 Å². The zero-order valence-electron chi connectivity index (χ0n) is 12.7. The van der Waals surface area contributed by atoms with E-state index in [1.54, 1.807) is 0 Å². The molecular weight excluding hydrogens is 332 g/mol. The Labute approximate surface area is 134 Å². The van der Waals surface area contributed by atoms with E-state index in [9.17, 15) is 0 Å². The summed E-state index contributed by atoms with van der Waals surface area (Å²) in [6.07, 6.45) is 1.21. The fourth-order valence-electron chi connectivity index (χ4n) is 3.17. The number of likely N-dealkylation sites (tertiary alicyclic amines) is 1. The van der Waals surface area contributed by atoms with Crippen LogP contribution in [0.4, 0.5) is 0 Å². The van der Waals surface area contributed by atoms with E-state index in [4.69, 9.17) is 9.47 Å². The molecule has 0 bridgehead atoms. The maximum Gasteiger partial charge on any atom is 0.175 e. The highest BCUT2D eigenvalue weighted by atomic mass is 79.9. The molecule has 2 aliphatic rings. The minimum atomic E-state index is 0.591. The van der Waals surface area contributed by atoms with E-state index in [0.717, 1.165) is 22.5 Å². The van der Waals surface area contributed by atoms with Crippen molar-refractivity contribution in [3.05, 3.63) is 22.2 Å². The molecule has 21 heavy (non-hydrogen) atoms. The van der Waals surface area contributed by atoms with Crippen LogP contribution >= 0.6 is 15.9 Å². The fourth-order valence-corrected chi connectivity index (χ4v) is 3.78. The Kier molecular flexibility index (Phi) is 4.72. The third-order valence-electron chi connectivity index (χ3n) is 4.33. The summed E-state index contributed by atoms with van der Waals surface area (Å²) >= 11 is 3.58. The smallest absolute Gasteiger partial charge is 0.175 e. The highest BCUT2D eigenvalue weighted by Gasteiger charge is 2.24. The minimum absolute atomic E-state index is 0.591. The predicted octanol–water partition coefficient (Wildman–Crippen LogP) is 2.65. The number of piperidine rings is 1. The van der Waals surface area contributed by atoms with Gasteiger partial charge in [0.05, 0.1) is 4.47 Å². The van der Waals surface area contributed by atoms with Gasteiger partial charge in [-0.2, -0.15) is 0 Å². The number of benzene rings is 1. The molecule has 0 aliphatic carbocycles. The second kappa shape index (κ2) is 6.55. The molecule has 0 saturated carbocycles. The molecule has 2 unspecified atom stereocenters. The van der Waals surface area contributed by atoms with Crippen LogP contribution < -0.4 is 14.8 Å². The minimum Gasteiger partial charge on any atom is -0.486 e. The van der Waals surface area contributed by atoms with E-state index in [2.05, 4.69) is 52.3 Å². The lowest BCUT2D eigenvalue weighted by Gasteiger charge is -2.35. The predicted molar refractivity (Wildman–Crippen MR) is 87.0 cm³/mol. The molecule has 2 atom stereocenters. The third-order valence-corrected chi connectivity index (χ3v) is 4.92. The number of fused-ring (bicyclic) bond motifs is 1. The molecule has 0 aromatic heterocycles. The molecule has 116 valence electrons. The van der Waals surface area contributed by atoms with Crippen molar-refractivity contribution >= 4 is 15.9 Å². The highest BCUT2D eigenvalue weighted by molar-refractivity contribution is 9.10. The first kappa shape index (κ1) is 15.1. The van der Waals surface area contributed by atoms with Crippen molar-refractivity contribution in [2.45, 2.75) is 25.9 Å². The zero-order valence-corrected chi connectivity index (χ0v) is 14.3. The van der Waals surface area contributed by atoms with Crippen molar-refractivity contribution in [1.29, 1.82) is 0 Å². The summed E-state index contributed by atoms with van der Waals surface area (Å²) in [4.78, 5) is 2.41. The molecule has 1 fully saturated rings. The Hall–Kier alpha value is -0.780. The van der Waals surface area contributed by atoms with E-state index in [1.807, 2.05) is 0 Å². The number of ether oxygens (including phenoxy) is 2. The van der Waals surface area contributed by atoms with E-state index < -0.39 is 0 Å². The van der Waals surface area contributed by atoms with Gasteiger partial charge in [-0.1, -0.05) is 6.92 Å². The fraction of sp³-hybridized carbons (Fsp3) is 0.625. The van der Waals surface area contributed by atoms with Crippen LogP contribution in [-0.2, 0) is 6.54 Å². The summed E-state index contributed by atoms with van der Waals surface area (Å²) in [5.41, 5.74) is 1.23. The van der Waals surface area contributed by atoms with E-state index in [1.165, 1.54) is 25.1 Å². The van der Waals surface area contributed by atoms with Crippen molar-refractivity contribution in [3.63, 3.8) is 0 Å². The Bertz CT molecular complexity index is 509. The first-order chi connectivity index (χ1) is 10.1. The van der Waals surface area contributed by atoms with Gasteiger partial charge in [0.1, 0.15) is 13.2 Å². The molecule has 5 heteroatoms. The van der Waals surface area contributed by atoms with Gasteiger partial charge in [-0.3, -0.25) is 0 Å². The Balaban J connectivity index is 1.64. The lowest BCUT2D eigenvalue weighted by Crippen LogP contribution is -2.46. The number of rotatable bonds is 3. The van der Waals surface area contributed by atoms with Crippen LogP contribution in [0.3, 0.4) is 0 Å². The lowest BCUT2D eigenvalue weighted by molar-refractivity contribution is 0.169. The molecule has 0 amide bonds. The number of nitrogens with zero attached hydrogens (tertiary/aromatic N) is 1. The summed E-state index contributed by atoms with van der Waals surface area (Å²) in [6.45, 7) is 6.79. The van der Waals surface area contributed by atoms with Gasteiger partial charge in [0.2, 0.25) is 0 Å². The first-order valence-corrected chi connectivity index (χ1v) is 8.42. The second-order valence-electron chi connectivity index (χ2n) is 6.12. The molecule has 1 N–H and O–H groups in total. The van der Waals surface area contributed by atoms with Crippen LogP contribution in [0.15, 0.2) is 16.6 Å². The van der Waals surface area contributed by atoms with Gasteiger partial charge in [-0.05, 0) is 59.6 Å². The average molecular weight is 355 g/mol. The number of hydrogen-bond acceptors (Lipinski definition) is 4. The number of nitrogens with one attached hydrogen (secondary N) is 1. The topological polar surface area (TPSA) is 33.7 Å². The molecule has 0 spiro atoms. The van der Waals surface area contributed by atoms with Crippen molar-refractivity contribution in [2.75, 3.05) is 33.4 Å². The third kappa shape index (κ3) is 3.52. The highest BCUT2D eigenvalue weighted by Crippen LogP contribution is 2.38. The maximum atomic E-state index is 5.68. The number of hydrogen-bond donors (Lipinski definition) is 1. The van der Waals surface area contributed by atoms with Crippen LogP contribution in [0.25, 0.3) is 0 Å². The van der Waals surface area contributed by atoms with E-state index in [-0.39, 0.29) is 0 Å². The molecule has 3 rings (SSSR count). The monoisotopic (exact) mass is 354 g/mol. The van der Waals surface area contributed by atoms with Gasteiger partial charge < -0.3 is 19.7 Å². The van der Waals surface area contributed by atoms with Gasteiger partial charge in [0.15, 0.2) is 11.5 Å². The molecule has 1 aromatic rings. The Morgan fingerprint density at radius 1 is 1.33 bits per heavy atom. The molecule has 2 heterocycles. The molecule has 0 radical (unpaired) electrons. The van der Waals surface area contributed by atoms with Crippen molar-refractivity contribution < 1.29 is 9.47 Å². The van der Waals surface area contributed by atoms with E-state index in [0.29, 0.717) is 25.2 Å². The Morgan fingerprint density at radius 2 is 2.14 bits per heavy atom. The standard InChI is InChI=1S/C16H23BrN2O2/c1-11-10-19(2)4-3-14(11)18-9-12-7-13(17)16-15(8-12)20-5-6-21-16/h7-8,11,14,18H,3-6,9-10H2,1-2H3. The zero-order chi connectivity index (χ0) is 14.8. The van der Waals surface area contributed by atoms with Crippen molar-refractivity contribution in [1.82, 2.24) is 10.2 Å². The van der Waals surface area contributed by atoms with Gasteiger partial charge in [0.25, 0.3) is 0 Å². The summed E-state index contributed by atoms with van der Waals surface area (Å²) in [6, 6.07) is 4.81. The van der Waals surface area contributed by atoms with Crippen LogP contribution in [0.5, 0.6) is 11.5 Å². The molecular formula is C16H23BrN2O2. The van der Waals surface area contributed by atoms with Gasteiger partial charge in [-0.15, -0.1) is 0 Å². The molecule has 2 aliphatic heterocycles. The number of halogens is 1. The molecule has 4 nitrogen and oxygen atoms in total. The van der Waals surface area contributed by atoms with Crippen LogP contribution in [0.1, 0.15) is 18.9 Å². The maximum absolute atomic E-state index is 5.68.